The molecule has 10 heteroatoms. The molecule has 194 valence electrons. The number of hydrogen-bond acceptors (Lipinski definition) is 6. The Morgan fingerprint density at radius 3 is 2.59 bits per heavy atom. The van der Waals surface area contributed by atoms with E-state index in [9.17, 15) is 14.0 Å². The topological polar surface area (TPSA) is 84.5 Å². The average Bonchev–Trinajstić information content (AvgIpc) is 3.02. The lowest BCUT2D eigenvalue weighted by Crippen LogP contribution is -2.58. The van der Waals surface area contributed by atoms with E-state index in [0.717, 1.165) is 32.5 Å². The van der Waals surface area contributed by atoms with Gasteiger partial charge in [0.1, 0.15) is 11.6 Å². The van der Waals surface area contributed by atoms with Crippen LogP contribution in [0.5, 0.6) is 0 Å². The SMILES string of the molecule is C=CC(=O)N1[C@H](C)CN(c2nc(=O)n3c4c(c(-c5ccc(F)c(Cl)c5)c(C)cc24)SCC(N)C3)C[C@@H]1C. The van der Waals surface area contributed by atoms with E-state index in [2.05, 4.69) is 16.5 Å². The molecule has 1 aromatic heterocycles. The first-order valence-corrected chi connectivity index (χ1v) is 13.6. The Bertz CT molecular complexity index is 1480. The number of halogens is 2. The number of aryl methyl sites for hydroxylation is 1. The molecule has 0 aliphatic carbocycles. The summed E-state index contributed by atoms with van der Waals surface area (Å²) in [6, 6.07) is 6.32. The zero-order valence-corrected chi connectivity index (χ0v) is 22.6. The van der Waals surface area contributed by atoms with E-state index >= 15 is 0 Å². The fraction of sp³-hybridized carbons (Fsp3) is 0.370. The molecule has 1 unspecified atom stereocenters. The molecule has 0 saturated carbocycles. The molecule has 3 atom stereocenters. The van der Waals surface area contributed by atoms with Gasteiger partial charge in [-0.25, -0.2) is 9.18 Å². The van der Waals surface area contributed by atoms with Gasteiger partial charge in [-0.3, -0.25) is 9.36 Å². The van der Waals surface area contributed by atoms with Crippen LogP contribution in [0.2, 0.25) is 5.02 Å². The van der Waals surface area contributed by atoms with E-state index in [1.54, 1.807) is 28.5 Å². The van der Waals surface area contributed by atoms with Gasteiger partial charge in [-0.2, -0.15) is 4.98 Å². The summed E-state index contributed by atoms with van der Waals surface area (Å²) in [7, 11) is 0. The van der Waals surface area contributed by atoms with Crippen LogP contribution in [0.1, 0.15) is 19.4 Å². The Labute approximate surface area is 224 Å². The molecule has 2 aliphatic heterocycles. The number of rotatable bonds is 3. The van der Waals surface area contributed by atoms with E-state index in [4.69, 9.17) is 17.3 Å². The molecule has 37 heavy (non-hydrogen) atoms. The highest BCUT2D eigenvalue weighted by molar-refractivity contribution is 7.99. The number of thioether (sulfide) groups is 1. The summed E-state index contributed by atoms with van der Waals surface area (Å²) in [6.45, 7) is 11.0. The molecular formula is C27H29ClFN5O2S. The van der Waals surface area contributed by atoms with E-state index in [0.29, 0.717) is 31.2 Å². The number of hydrogen-bond donors (Lipinski definition) is 1. The van der Waals surface area contributed by atoms with E-state index in [1.165, 1.54) is 12.1 Å². The summed E-state index contributed by atoms with van der Waals surface area (Å²) in [5.74, 6) is 0.632. The maximum absolute atomic E-state index is 14.0. The van der Waals surface area contributed by atoms with E-state index in [-0.39, 0.29) is 34.7 Å². The van der Waals surface area contributed by atoms with Crippen LogP contribution in [0.25, 0.3) is 22.0 Å². The molecule has 2 N–H and O–H groups in total. The smallest absolute Gasteiger partial charge is 0.350 e. The highest BCUT2D eigenvalue weighted by Gasteiger charge is 2.34. The van der Waals surface area contributed by atoms with Gasteiger partial charge in [0.25, 0.3) is 0 Å². The van der Waals surface area contributed by atoms with Gasteiger partial charge in [-0.15, -0.1) is 11.8 Å². The second-order valence-electron chi connectivity index (χ2n) is 9.87. The van der Waals surface area contributed by atoms with E-state index in [1.807, 2.05) is 31.7 Å². The maximum atomic E-state index is 14.0. The molecule has 0 bridgehead atoms. The van der Waals surface area contributed by atoms with Gasteiger partial charge in [0.05, 0.1) is 10.5 Å². The molecular weight excluding hydrogens is 513 g/mol. The van der Waals surface area contributed by atoms with Crippen molar-refractivity contribution in [3.05, 3.63) is 63.8 Å². The number of aromatic nitrogens is 2. The number of benzene rings is 2. The van der Waals surface area contributed by atoms with Crippen LogP contribution < -0.4 is 16.3 Å². The van der Waals surface area contributed by atoms with Gasteiger partial charge in [0.15, 0.2) is 0 Å². The van der Waals surface area contributed by atoms with Crippen molar-refractivity contribution >= 4 is 46.0 Å². The first kappa shape index (κ1) is 25.8. The third-order valence-corrected chi connectivity index (χ3v) is 8.68. The van der Waals surface area contributed by atoms with Crippen molar-refractivity contribution in [2.24, 2.45) is 5.73 Å². The Balaban J connectivity index is 1.74. The van der Waals surface area contributed by atoms with Gasteiger partial charge in [0, 0.05) is 59.4 Å². The van der Waals surface area contributed by atoms with Crippen LogP contribution in [0.15, 0.2) is 46.6 Å². The monoisotopic (exact) mass is 541 g/mol. The third-order valence-electron chi connectivity index (χ3n) is 7.11. The van der Waals surface area contributed by atoms with Crippen LogP contribution in [0, 0.1) is 12.7 Å². The number of nitrogens with two attached hydrogens (primary N) is 1. The number of amides is 1. The number of anilines is 1. The second-order valence-corrected chi connectivity index (χ2v) is 11.3. The molecule has 5 rings (SSSR count). The Hall–Kier alpha value is -2.88. The van der Waals surface area contributed by atoms with Gasteiger partial charge in [-0.1, -0.05) is 24.2 Å². The minimum absolute atomic E-state index is 0.0437. The highest BCUT2D eigenvalue weighted by Crippen LogP contribution is 2.44. The van der Waals surface area contributed by atoms with Crippen molar-refractivity contribution in [1.82, 2.24) is 14.5 Å². The average molecular weight is 542 g/mol. The molecule has 0 radical (unpaired) electrons. The van der Waals surface area contributed by atoms with Crippen molar-refractivity contribution in [1.29, 1.82) is 0 Å². The first-order chi connectivity index (χ1) is 17.6. The fourth-order valence-electron chi connectivity index (χ4n) is 5.60. The van der Waals surface area contributed by atoms with Crippen LogP contribution in [0.3, 0.4) is 0 Å². The lowest BCUT2D eigenvalue weighted by molar-refractivity contribution is -0.130. The van der Waals surface area contributed by atoms with Crippen molar-refractivity contribution in [3.8, 4) is 11.1 Å². The van der Waals surface area contributed by atoms with Crippen LogP contribution in [-0.4, -0.2) is 57.3 Å². The first-order valence-electron chi connectivity index (χ1n) is 12.2. The van der Waals surface area contributed by atoms with Gasteiger partial charge >= 0.3 is 5.69 Å². The Kier molecular flexibility index (Phi) is 6.81. The van der Waals surface area contributed by atoms with Gasteiger partial charge in [-0.05, 0) is 56.2 Å². The molecule has 3 heterocycles. The summed E-state index contributed by atoms with van der Waals surface area (Å²) in [6.07, 6.45) is 1.34. The number of piperazine rings is 1. The molecule has 2 aliphatic rings. The van der Waals surface area contributed by atoms with Gasteiger partial charge in [0.2, 0.25) is 5.91 Å². The molecule has 2 aromatic carbocycles. The van der Waals surface area contributed by atoms with Crippen molar-refractivity contribution in [3.63, 3.8) is 0 Å². The lowest BCUT2D eigenvalue weighted by atomic mass is 9.97. The number of carbonyl (C=O) groups is 1. The van der Waals surface area contributed by atoms with Gasteiger partial charge < -0.3 is 15.5 Å². The molecule has 3 aromatic rings. The normalized spacial score (nSPS) is 21.7. The minimum atomic E-state index is -0.481. The molecule has 0 spiro atoms. The Morgan fingerprint density at radius 1 is 1.24 bits per heavy atom. The second kappa shape index (κ2) is 9.78. The Morgan fingerprint density at radius 2 is 1.95 bits per heavy atom. The number of nitrogens with zero attached hydrogens (tertiary/aromatic N) is 4. The lowest BCUT2D eigenvalue weighted by Gasteiger charge is -2.44. The maximum Gasteiger partial charge on any atom is 0.350 e. The molecule has 1 amide bonds. The quantitative estimate of drug-likeness (QED) is 0.500. The summed E-state index contributed by atoms with van der Waals surface area (Å²) in [4.78, 5) is 35.2. The summed E-state index contributed by atoms with van der Waals surface area (Å²) in [5.41, 5.74) is 9.43. The predicted octanol–water partition coefficient (Wildman–Crippen LogP) is 4.21. The predicted molar refractivity (Wildman–Crippen MR) is 148 cm³/mol. The van der Waals surface area contributed by atoms with Crippen molar-refractivity contribution in [2.75, 3.05) is 23.7 Å². The molecule has 7 nitrogen and oxygen atoms in total. The zero-order valence-electron chi connectivity index (χ0n) is 21.0. The van der Waals surface area contributed by atoms with E-state index < -0.39 is 5.82 Å². The largest absolute Gasteiger partial charge is 0.352 e. The minimum Gasteiger partial charge on any atom is -0.352 e. The summed E-state index contributed by atoms with van der Waals surface area (Å²) in [5, 5.41) is 0.899. The van der Waals surface area contributed by atoms with Crippen molar-refractivity contribution < 1.29 is 9.18 Å². The van der Waals surface area contributed by atoms with Crippen LogP contribution in [-0.2, 0) is 11.3 Å². The fourth-order valence-corrected chi connectivity index (χ4v) is 7.04. The van der Waals surface area contributed by atoms with Crippen LogP contribution in [0.4, 0.5) is 10.2 Å². The zero-order chi connectivity index (χ0) is 26.6. The summed E-state index contributed by atoms with van der Waals surface area (Å²) >= 11 is 7.74. The van der Waals surface area contributed by atoms with Crippen LogP contribution >= 0.6 is 23.4 Å². The standard InChI is InChI=1S/C27H29ClFN5O2S/c1-5-22(35)34-15(3)10-32(11-16(34)4)26-19-8-14(2)23(17-6-7-21(29)20(28)9-17)25-24(19)33(27(36)31-26)12-18(30)13-37-25/h5-9,15-16,18H,1,10-13,30H2,2-4H3/t15-,16+,18?. The van der Waals surface area contributed by atoms with Crippen molar-refractivity contribution in [2.45, 2.75) is 50.3 Å². The molecule has 1 saturated heterocycles. The number of carbonyl (C=O) groups excluding carboxylic acids is 1. The molecule has 1 fully saturated rings. The summed E-state index contributed by atoms with van der Waals surface area (Å²) < 4.78 is 15.6. The highest BCUT2D eigenvalue weighted by atomic mass is 35.5. The third kappa shape index (κ3) is 4.43.